The van der Waals surface area contributed by atoms with Crippen LogP contribution >= 0.6 is 0 Å². The molecule has 2 rings (SSSR count). The van der Waals surface area contributed by atoms with Gasteiger partial charge in [0.2, 0.25) is 0 Å². The van der Waals surface area contributed by atoms with E-state index in [-0.39, 0.29) is 0 Å². The van der Waals surface area contributed by atoms with Gasteiger partial charge in [-0.05, 0) is 38.1 Å². The monoisotopic (exact) mass is 277 g/mol. The molecule has 0 amide bonds. The van der Waals surface area contributed by atoms with Crippen molar-refractivity contribution >= 4 is 5.82 Å². The van der Waals surface area contributed by atoms with Gasteiger partial charge < -0.3 is 15.1 Å². The van der Waals surface area contributed by atoms with Gasteiger partial charge >= 0.3 is 0 Å². The van der Waals surface area contributed by atoms with Crippen LogP contribution < -0.4 is 10.2 Å². The number of rotatable bonds is 6. The van der Waals surface area contributed by atoms with E-state index in [0.717, 1.165) is 31.1 Å². The second-order valence-corrected chi connectivity index (χ2v) is 5.44. The maximum absolute atomic E-state index is 4.37. The maximum atomic E-state index is 4.37. The van der Waals surface area contributed by atoms with Crippen molar-refractivity contribution in [3.8, 4) is 0 Å². The molecule has 0 saturated carbocycles. The van der Waals surface area contributed by atoms with Crippen LogP contribution in [0.2, 0.25) is 0 Å². The van der Waals surface area contributed by atoms with Gasteiger partial charge in [-0.15, -0.1) is 5.10 Å². The molecular weight excluding hydrogens is 250 g/mol. The van der Waals surface area contributed by atoms with E-state index >= 15 is 0 Å². The first-order chi connectivity index (χ1) is 9.74. The minimum absolute atomic E-state index is 0.590. The molecule has 1 fully saturated rings. The summed E-state index contributed by atoms with van der Waals surface area (Å²) in [7, 11) is 2.14. The number of aromatic nitrogens is 2. The summed E-state index contributed by atoms with van der Waals surface area (Å²) < 4.78 is 0. The summed E-state index contributed by atoms with van der Waals surface area (Å²) in [6, 6.07) is 4.75. The van der Waals surface area contributed by atoms with Crippen molar-refractivity contribution in [2.45, 2.75) is 39.3 Å². The van der Waals surface area contributed by atoms with Crippen molar-refractivity contribution in [3.05, 3.63) is 17.8 Å². The predicted molar refractivity (Wildman–Crippen MR) is 83.0 cm³/mol. The van der Waals surface area contributed by atoms with E-state index in [1.807, 2.05) is 0 Å². The molecule has 0 radical (unpaired) electrons. The van der Waals surface area contributed by atoms with Crippen LogP contribution in [0.15, 0.2) is 12.1 Å². The highest BCUT2D eigenvalue weighted by Crippen LogP contribution is 2.19. The number of hydrogen-bond donors (Lipinski definition) is 1. The minimum atomic E-state index is 0.590. The van der Waals surface area contributed by atoms with E-state index in [2.05, 4.69) is 58.3 Å². The second-order valence-electron chi connectivity index (χ2n) is 5.44. The lowest BCUT2D eigenvalue weighted by molar-refractivity contribution is 0.220. The first-order valence-electron chi connectivity index (χ1n) is 7.73. The average molecular weight is 277 g/mol. The Kier molecular flexibility index (Phi) is 5.73. The number of nitrogens with one attached hydrogen (secondary N) is 1. The molecule has 0 aromatic carbocycles. The van der Waals surface area contributed by atoms with Crippen molar-refractivity contribution in [3.63, 3.8) is 0 Å². The Labute approximate surface area is 122 Å². The van der Waals surface area contributed by atoms with Gasteiger partial charge in [0, 0.05) is 32.7 Å². The summed E-state index contributed by atoms with van der Waals surface area (Å²) in [6.07, 6.45) is 2.43. The van der Waals surface area contributed by atoms with Gasteiger partial charge in [-0.1, -0.05) is 13.8 Å². The molecule has 0 unspecified atom stereocenters. The van der Waals surface area contributed by atoms with Crippen LogP contribution in [0.4, 0.5) is 5.82 Å². The fourth-order valence-corrected chi connectivity index (χ4v) is 2.70. The van der Waals surface area contributed by atoms with E-state index in [1.165, 1.54) is 25.9 Å². The molecule has 0 spiro atoms. The third kappa shape index (κ3) is 3.90. The highest BCUT2D eigenvalue weighted by atomic mass is 15.3. The fourth-order valence-electron chi connectivity index (χ4n) is 2.70. The van der Waals surface area contributed by atoms with E-state index < -0.39 is 0 Å². The van der Waals surface area contributed by atoms with E-state index in [9.17, 15) is 0 Å². The molecule has 1 N–H and O–H groups in total. The molecule has 0 aliphatic carbocycles. The van der Waals surface area contributed by atoms with Crippen molar-refractivity contribution in [2.24, 2.45) is 0 Å². The fraction of sp³-hybridized carbons (Fsp3) is 0.733. The summed E-state index contributed by atoms with van der Waals surface area (Å²) >= 11 is 0. The number of nitrogens with zero attached hydrogens (tertiary/aromatic N) is 4. The first-order valence-corrected chi connectivity index (χ1v) is 7.73. The maximum Gasteiger partial charge on any atom is 0.151 e. The Morgan fingerprint density at radius 3 is 2.55 bits per heavy atom. The quantitative estimate of drug-likeness (QED) is 0.854. The summed E-state index contributed by atoms with van der Waals surface area (Å²) in [6.45, 7) is 9.63. The van der Waals surface area contributed by atoms with Crippen LogP contribution in [0, 0.1) is 0 Å². The average Bonchev–Trinajstić information content (AvgIpc) is 2.53. The molecular formula is C15H27N5. The Balaban J connectivity index is 1.90. The van der Waals surface area contributed by atoms with E-state index in [0.29, 0.717) is 6.04 Å². The van der Waals surface area contributed by atoms with Crippen molar-refractivity contribution in [2.75, 3.05) is 38.1 Å². The van der Waals surface area contributed by atoms with Gasteiger partial charge in [0.05, 0.1) is 5.69 Å². The zero-order chi connectivity index (χ0) is 14.4. The number of hydrogen-bond acceptors (Lipinski definition) is 5. The normalized spacial score (nSPS) is 17.4. The van der Waals surface area contributed by atoms with E-state index in [4.69, 9.17) is 0 Å². The number of likely N-dealkylation sites (tertiary alicyclic amines) is 1. The van der Waals surface area contributed by atoms with Crippen LogP contribution in [-0.4, -0.2) is 54.4 Å². The number of anilines is 1. The smallest absolute Gasteiger partial charge is 0.151 e. The third-order valence-corrected chi connectivity index (χ3v) is 4.18. The molecule has 20 heavy (non-hydrogen) atoms. The SMILES string of the molecule is CCNCc1ccc(N(C)C2CCN(CC)CC2)nn1. The third-order valence-electron chi connectivity index (χ3n) is 4.18. The number of piperidine rings is 1. The summed E-state index contributed by atoms with van der Waals surface area (Å²) in [5.74, 6) is 0.986. The summed E-state index contributed by atoms with van der Waals surface area (Å²) in [5, 5.41) is 11.9. The van der Waals surface area contributed by atoms with Gasteiger partial charge in [0.15, 0.2) is 5.82 Å². The predicted octanol–water partition coefficient (Wildman–Crippen LogP) is 1.51. The van der Waals surface area contributed by atoms with Crippen molar-refractivity contribution in [1.82, 2.24) is 20.4 Å². The van der Waals surface area contributed by atoms with Gasteiger partial charge in [-0.3, -0.25) is 0 Å². The second kappa shape index (κ2) is 7.55. The molecule has 0 bridgehead atoms. The summed E-state index contributed by atoms with van der Waals surface area (Å²) in [5.41, 5.74) is 1.00. The zero-order valence-electron chi connectivity index (χ0n) is 13.0. The van der Waals surface area contributed by atoms with Gasteiger partial charge in [-0.25, -0.2) is 0 Å². The lowest BCUT2D eigenvalue weighted by atomic mass is 10.0. The van der Waals surface area contributed by atoms with Crippen LogP contribution in [0.5, 0.6) is 0 Å². The van der Waals surface area contributed by atoms with Crippen LogP contribution in [0.3, 0.4) is 0 Å². The van der Waals surface area contributed by atoms with Crippen LogP contribution in [0.25, 0.3) is 0 Å². The Morgan fingerprint density at radius 2 is 2.00 bits per heavy atom. The topological polar surface area (TPSA) is 44.3 Å². The Bertz CT molecular complexity index is 384. The molecule has 2 heterocycles. The first kappa shape index (κ1) is 15.2. The van der Waals surface area contributed by atoms with Crippen LogP contribution in [-0.2, 0) is 6.54 Å². The van der Waals surface area contributed by atoms with Crippen molar-refractivity contribution < 1.29 is 0 Å². The molecule has 1 aliphatic rings. The van der Waals surface area contributed by atoms with Gasteiger partial charge in [0.1, 0.15) is 0 Å². The van der Waals surface area contributed by atoms with E-state index in [1.54, 1.807) is 0 Å². The van der Waals surface area contributed by atoms with Crippen LogP contribution in [0.1, 0.15) is 32.4 Å². The summed E-state index contributed by atoms with van der Waals surface area (Å²) in [4.78, 5) is 4.80. The molecule has 5 nitrogen and oxygen atoms in total. The van der Waals surface area contributed by atoms with Gasteiger partial charge in [0.25, 0.3) is 0 Å². The molecule has 5 heteroatoms. The Morgan fingerprint density at radius 1 is 1.25 bits per heavy atom. The van der Waals surface area contributed by atoms with Crippen molar-refractivity contribution in [1.29, 1.82) is 0 Å². The minimum Gasteiger partial charge on any atom is -0.355 e. The molecule has 1 saturated heterocycles. The standard InChI is InChI=1S/C15H27N5/c1-4-16-12-13-6-7-15(18-17-13)19(3)14-8-10-20(5-2)11-9-14/h6-7,14,16H,4-5,8-12H2,1-3H3. The van der Waals surface area contributed by atoms with Gasteiger partial charge in [-0.2, -0.15) is 5.10 Å². The lowest BCUT2D eigenvalue weighted by Crippen LogP contribution is -2.43. The highest BCUT2D eigenvalue weighted by Gasteiger charge is 2.22. The highest BCUT2D eigenvalue weighted by molar-refractivity contribution is 5.37. The molecule has 1 aromatic rings. The Hall–Kier alpha value is -1.20. The zero-order valence-corrected chi connectivity index (χ0v) is 13.0. The lowest BCUT2D eigenvalue weighted by Gasteiger charge is -2.36. The largest absolute Gasteiger partial charge is 0.355 e. The molecule has 1 aliphatic heterocycles. The molecule has 0 atom stereocenters. The molecule has 1 aromatic heterocycles. The molecule has 112 valence electrons.